The Morgan fingerprint density at radius 1 is 1.31 bits per heavy atom. The largest absolute Gasteiger partial charge is 0.449 e. The molecule has 0 saturated heterocycles. The first-order chi connectivity index (χ1) is 7.37. The summed E-state index contributed by atoms with van der Waals surface area (Å²) in [5.41, 5.74) is 0.924. The molecule has 1 aromatic carbocycles. The van der Waals surface area contributed by atoms with Crippen LogP contribution in [-0.4, -0.2) is 11.6 Å². The minimum Gasteiger partial charge on any atom is -0.449 e. The smallest absolute Gasteiger partial charge is 0.246 e. The molecule has 0 spiro atoms. The molecule has 0 N–H and O–H groups in total. The first kappa shape index (κ1) is 11.5. The van der Waals surface area contributed by atoms with Gasteiger partial charge in [-0.25, -0.2) is 0 Å². The molecule has 1 aliphatic rings. The van der Waals surface area contributed by atoms with Gasteiger partial charge >= 0.3 is 0 Å². The van der Waals surface area contributed by atoms with E-state index >= 15 is 0 Å². The van der Waals surface area contributed by atoms with Crippen LogP contribution in [0.25, 0.3) is 0 Å². The van der Waals surface area contributed by atoms with Gasteiger partial charge < -0.3 is 9.47 Å². The number of fused-ring (bicyclic) bond motifs is 1. The van der Waals surface area contributed by atoms with Crippen molar-refractivity contribution in [1.29, 1.82) is 0 Å². The summed E-state index contributed by atoms with van der Waals surface area (Å²) in [4.78, 5) is 11.1. The van der Waals surface area contributed by atoms with Gasteiger partial charge in [-0.15, -0.1) is 0 Å². The Balaban J connectivity index is 2.37. The Bertz CT molecular complexity index is 452. The third-order valence-corrected chi connectivity index (χ3v) is 3.00. The molecule has 0 aromatic heterocycles. The van der Waals surface area contributed by atoms with Crippen LogP contribution in [-0.2, 0) is 11.2 Å². The molecule has 0 atom stereocenters. The van der Waals surface area contributed by atoms with Gasteiger partial charge in [0.1, 0.15) is 5.78 Å². The van der Waals surface area contributed by atoms with Crippen LogP contribution in [0.5, 0.6) is 11.5 Å². The highest BCUT2D eigenvalue weighted by Gasteiger charge is 2.32. The summed E-state index contributed by atoms with van der Waals surface area (Å²) < 4.78 is 12.1. The minimum atomic E-state index is -0.628. The van der Waals surface area contributed by atoms with Crippen molar-refractivity contribution < 1.29 is 14.3 Å². The highest BCUT2D eigenvalue weighted by molar-refractivity contribution is 9.10. The lowest BCUT2D eigenvalue weighted by Crippen LogP contribution is -2.29. The van der Waals surface area contributed by atoms with Crippen LogP contribution < -0.4 is 9.47 Å². The van der Waals surface area contributed by atoms with Crippen LogP contribution in [0.3, 0.4) is 0 Å². The lowest BCUT2D eigenvalue weighted by Gasteiger charge is -2.16. The number of benzene rings is 1. The van der Waals surface area contributed by atoms with Gasteiger partial charge in [0, 0.05) is 24.7 Å². The molecular weight excluding hydrogens is 272 g/mol. The number of hydrogen-bond donors (Lipinski definition) is 0. The summed E-state index contributed by atoms with van der Waals surface area (Å²) in [5, 5.41) is 0. The van der Waals surface area contributed by atoms with Crippen LogP contribution in [0, 0.1) is 0 Å². The van der Waals surface area contributed by atoms with Gasteiger partial charge in [0.2, 0.25) is 5.79 Å². The molecular formula is C12H13BrO3. The van der Waals surface area contributed by atoms with Crippen molar-refractivity contribution >= 4 is 21.7 Å². The van der Waals surface area contributed by atoms with E-state index in [-0.39, 0.29) is 5.78 Å². The number of ketones is 1. The zero-order valence-electron chi connectivity index (χ0n) is 9.46. The zero-order valence-corrected chi connectivity index (χ0v) is 11.1. The predicted molar refractivity (Wildman–Crippen MR) is 63.9 cm³/mol. The van der Waals surface area contributed by atoms with Crippen molar-refractivity contribution in [3.63, 3.8) is 0 Å². The zero-order chi connectivity index (χ0) is 11.9. The van der Waals surface area contributed by atoms with E-state index in [4.69, 9.17) is 9.47 Å². The lowest BCUT2D eigenvalue weighted by atomic mass is 10.1. The topological polar surface area (TPSA) is 35.5 Å². The third kappa shape index (κ3) is 2.21. The third-order valence-electron chi connectivity index (χ3n) is 2.26. The Labute approximate surface area is 103 Å². The van der Waals surface area contributed by atoms with Crippen LogP contribution in [0.1, 0.15) is 26.3 Å². The summed E-state index contributed by atoms with van der Waals surface area (Å²) >= 11 is 3.43. The highest BCUT2D eigenvalue weighted by atomic mass is 79.9. The standard InChI is InChI=1S/C12H13BrO3/c1-7(14)4-8-5-10-11(6-9(8)13)16-12(2,3)15-10/h5-6H,4H2,1-3H3. The maximum absolute atomic E-state index is 11.1. The average molecular weight is 285 g/mol. The fourth-order valence-electron chi connectivity index (χ4n) is 1.69. The minimum absolute atomic E-state index is 0.124. The second kappa shape index (κ2) is 3.77. The van der Waals surface area contributed by atoms with Crippen molar-refractivity contribution in [1.82, 2.24) is 0 Å². The van der Waals surface area contributed by atoms with E-state index in [1.54, 1.807) is 6.92 Å². The van der Waals surface area contributed by atoms with Crippen LogP contribution in [0.4, 0.5) is 0 Å². The lowest BCUT2D eigenvalue weighted by molar-refractivity contribution is -0.116. The molecule has 1 aliphatic heterocycles. The average Bonchev–Trinajstić information content (AvgIpc) is 2.38. The highest BCUT2D eigenvalue weighted by Crippen LogP contribution is 2.42. The molecule has 0 aliphatic carbocycles. The van der Waals surface area contributed by atoms with E-state index in [0.29, 0.717) is 17.9 Å². The SMILES string of the molecule is CC(=O)Cc1cc2c(cc1Br)OC(C)(C)O2. The van der Waals surface area contributed by atoms with Gasteiger partial charge in [0.15, 0.2) is 11.5 Å². The van der Waals surface area contributed by atoms with Crippen molar-refractivity contribution in [2.75, 3.05) is 0 Å². The molecule has 0 bridgehead atoms. The maximum Gasteiger partial charge on any atom is 0.246 e. The van der Waals surface area contributed by atoms with Gasteiger partial charge in [-0.3, -0.25) is 4.79 Å². The molecule has 4 heteroatoms. The summed E-state index contributed by atoms with van der Waals surface area (Å²) in [6, 6.07) is 3.71. The summed E-state index contributed by atoms with van der Waals surface area (Å²) in [6.45, 7) is 5.28. The molecule has 0 saturated carbocycles. The van der Waals surface area contributed by atoms with E-state index < -0.39 is 5.79 Å². The van der Waals surface area contributed by atoms with Crippen molar-refractivity contribution in [3.8, 4) is 11.5 Å². The number of carbonyl (C=O) groups excluding carboxylic acids is 1. The molecule has 16 heavy (non-hydrogen) atoms. The van der Waals surface area contributed by atoms with E-state index in [1.807, 2.05) is 26.0 Å². The van der Waals surface area contributed by atoms with E-state index in [2.05, 4.69) is 15.9 Å². The Kier molecular flexibility index (Phi) is 2.70. The number of carbonyl (C=O) groups is 1. The fourth-order valence-corrected chi connectivity index (χ4v) is 2.15. The van der Waals surface area contributed by atoms with Crippen LogP contribution >= 0.6 is 15.9 Å². The molecule has 0 radical (unpaired) electrons. The van der Waals surface area contributed by atoms with E-state index in [0.717, 1.165) is 10.0 Å². The van der Waals surface area contributed by atoms with Gasteiger partial charge in [-0.2, -0.15) is 0 Å². The Morgan fingerprint density at radius 2 is 1.88 bits per heavy atom. The predicted octanol–water partition coefficient (Wildman–Crippen LogP) is 3.09. The number of hydrogen-bond acceptors (Lipinski definition) is 3. The molecule has 0 amide bonds. The molecule has 1 aromatic rings. The summed E-state index contributed by atoms with van der Waals surface area (Å²) in [6.07, 6.45) is 0.400. The van der Waals surface area contributed by atoms with E-state index in [1.165, 1.54) is 0 Å². The molecule has 0 fully saturated rings. The normalized spacial score (nSPS) is 16.2. The first-order valence-electron chi connectivity index (χ1n) is 5.07. The Hall–Kier alpha value is -1.03. The number of rotatable bonds is 2. The number of ether oxygens (including phenoxy) is 2. The summed E-state index contributed by atoms with van der Waals surface area (Å²) in [5.74, 6) is 0.906. The molecule has 3 nitrogen and oxygen atoms in total. The maximum atomic E-state index is 11.1. The number of Topliss-reactive ketones (excluding diaryl/α,β-unsaturated/α-hetero) is 1. The second-order valence-electron chi connectivity index (χ2n) is 4.37. The van der Waals surface area contributed by atoms with Crippen LogP contribution in [0.15, 0.2) is 16.6 Å². The molecule has 0 unspecified atom stereocenters. The molecule has 2 rings (SSSR count). The quantitative estimate of drug-likeness (QED) is 0.837. The van der Waals surface area contributed by atoms with Crippen LogP contribution in [0.2, 0.25) is 0 Å². The first-order valence-corrected chi connectivity index (χ1v) is 5.86. The van der Waals surface area contributed by atoms with Gasteiger partial charge in [0.25, 0.3) is 0 Å². The van der Waals surface area contributed by atoms with Gasteiger partial charge in [0.05, 0.1) is 0 Å². The summed E-state index contributed by atoms with van der Waals surface area (Å²) in [7, 11) is 0. The van der Waals surface area contributed by atoms with Crippen molar-refractivity contribution in [2.45, 2.75) is 33.0 Å². The Morgan fingerprint density at radius 3 is 2.44 bits per heavy atom. The van der Waals surface area contributed by atoms with Crippen molar-refractivity contribution in [3.05, 3.63) is 22.2 Å². The monoisotopic (exact) mass is 284 g/mol. The molecule has 1 heterocycles. The molecule has 86 valence electrons. The van der Waals surface area contributed by atoms with Gasteiger partial charge in [-0.1, -0.05) is 15.9 Å². The number of halogens is 1. The van der Waals surface area contributed by atoms with E-state index in [9.17, 15) is 4.79 Å². The van der Waals surface area contributed by atoms with Crippen molar-refractivity contribution in [2.24, 2.45) is 0 Å². The van der Waals surface area contributed by atoms with Gasteiger partial charge in [-0.05, 0) is 24.6 Å². The second-order valence-corrected chi connectivity index (χ2v) is 5.23. The fraction of sp³-hybridized carbons (Fsp3) is 0.417.